The van der Waals surface area contributed by atoms with Crippen LogP contribution in [0.15, 0.2) is 23.6 Å². The average molecular weight is 279 g/mol. The molecule has 0 unspecified atom stereocenters. The molecule has 2 aromatic rings. The summed E-state index contributed by atoms with van der Waals surface area (Å²) in [5.41, 5.74) is 3.52. The Morgan fingerprint density at radius 1 is 1.33 bits per heavy atom. The predicted octanol–water partition coefficient (Wildman–Crippen LogP) is 3.81. The van der Waals surface area contributed by atoms with Crippen LogP contribution in [0.25, 0.3) is 0 Å². The molecule has 2 rings (SSSR count). The lowest BCUT2D eigenvalue weighted by molar-refractivity contribution is 0.319. The summed E-state index contributed by atoms with van der Waals surface area (Å²) in [4.78, 5) is 4.46. The van der Waals surface area contributed by atoms with Gasteiger partial charge in [0.05, 0.1) is 17.3 Å². The highest BCUT2D eigenvalue weighted by atomic mass is 32.1. The summed E-state index contributed by atoms with van der Waals surface area (Å²) in [5, 5.41) is 3.17. The van der Waals surface area contributed by atoms with Crippen LogP contribution in [0.4, 0.5) is 0 Å². The van der Waals surface area contributed by atoms with Crippen molar-refractivity contribution in [2.75, 3.05) is 6.61 Å². The summed E-state index contributed by atoms with van der Waals surface area (Å²) in [7, 11) is 0. The van der Waals surface area contributed by atoms with Crippen LogP contribution < -0.4 is 4.74 Å². The summed E-state index contributed by atoms with van der Waals surface area (Å²) in [6, 6.07) is 6.14. The number of hydrogen-bond donors (Lipinski definition) is 1. The maximum atomic E-state index is 5.81. The zero-order chi connectivity index (χ0) is 13.0. The van der Waals surface area contributed by atoms with Crippen LogP contribution in [0.5, 0.6) is 5.75 Å². The molecule has 0 atom stereocenters. The fourth-order valence-corrected chi connectivity index (χ4v) is 2.73. The third kappa shape index (κ3) is 3.27. The van der Waals surface area contributed by atoms with Crippen LogP contribution in [0.1, 0.15) is 21.8 Å². The average Bonchev–Trinajstić information content (AvgIpc) is 2.82. The van der Waals surface area contributed by atoms with Crippen molar-refractivity contribution in [1.29, 1.82) is 0 Å². The number of hydrogen-bond acceptors (Lipinski definition) is 4. The Labute approximate surface area is 117 Å². The van der Waals surface area contributed by atoms with Crippen molar-refractivity contribution in [2.24, 2.45) is 0 Å². The highest BCUT2D eigenvalue weighted by molar-refractivity contribution is 7.79. The zero-order valence-electron chi connectivity index (χ0n) is 10.6. The van der Waals surface area contributed by atoms with Crippen molar-refractivity contribution in [3.8, 4) is 5.75 Å². The van der Waals surface area contributed by atoms with Gasteiger partial charge in [-0.2, -0.15) is 12.6 Å². The van der Waals surface area contributed by atoms with Crippen LogP contribution in [0.2, 0.25) is 0 Å². The van der Waals surface area contributed by atoms with E-state index < -0.39 is 0 Å². The van der Waals surface area contributed by atoms with Gasteiger partial charge in [-0.05, 0) is 31.0 Å². The number of aryl methyl sites for hydroxylation is 1. The Balaban J connectivity index is 1.90. The molecule has 1 aromatic heterocycles. The van der Waals surface area contributed by atoms with Gasteiger partial charge in [-0.25, -0.2) is 4.98 Å². The maximum absolute atomic E-state index is 5.81. The molecule has 0 fully saturated rings. The van der Waals surface area contributed by atoms with E-state index in [0.717, 1.165) is 22.9 Å². The highest BCUT2D eigenvalue weighted by Crippen LogP contribution is 2.21. The molecule has 18 heavy (non-hydrogen) atoms. The topological polar surface area (TPSA) is 22.1 Å². The number of thiazole rings is 1. The molecule has 0 N–H and O–H groups in total. The molecule has 0 radical (unpaired) electrons. The molecule has 0 aliphatic heterocycles. The van der Waals surface area contributed by atoms with Crippen molar-refractivity contribution in [3.63, 3.8) is 0 Å². The standard InChI is InChI=1S/C14H17NOS2/c1-10-4-3-5-13(11(10)2)16-7-6-14-15-12(8-17)9-18-14/h3-5,9,17H,6-8H2,1-2H3. The Morgan fingerprint density at radius 3 is 2.89 bits per heavy atom. The van der Waals surface area contributed by atoms with Crippen LogP contribution in [0.3, 0.4) is 0 Å². The van der Waals surface area contributed by atoms with Gasteiger partial charge in [-0.1, -0.05) is 12.1 Å². The van der Waals surface area contributed by atoms with E-state index in [4.69, 9.17) is 4.74 Å². The third-order valence-electron chi connectivity index (χ3n) is 2.89. The second-order valence-electron chi connectivity index (χ2n) is 4.19. The first-order chi connectivity index (χ1) is 8.70. The first-order valence-electron chi connectivity index (χ1n) is 5.94. The summed E-state index contributed by atoms with van der Waals surface area (Å²) >= 11 is 5.89. The molecular formula is C14H17NOS2. The monoisotopic (exact) mass is 279 g/mol. The Hall–Kier alpha value is -1.00. The summed E-state index contributed by atoms with van der Waals surface area (Å²) < 4.78 is 5.81. The molecule has 0 aliphatic carbocycles. The lowest BCUT2D eigenvalue weighted by Crippen LogP contribution is -2.02. The first kappa shape index (κ1) is 13.4. The second-order valence-corrected chi connectivity index (χ2v) is 5.45. The van der Waals surface area contributed by atoms with E-state index >= 15 is 0 Å². The molecule has 2 nitrogen and oxygen atoms in total. The molecule has 0 saturated carbocycles. The molecular weight excluding hydrogens is 262 g/mol. The van der Waals surface area contributed by atoms with Crippen LogP contribution >= 0.6 is 24.0 Å². The third-order valence-corrected chi connectivity index (χ3v) is 4.17. The molecule has 0 spiro atoms. The number of benzene rings is 1. The van der Waals surface area contributed by atoms with Gasteiger partial charge < -0.3 is 4.74 Å². The van der Waals surface area contributed by atoms with Gasteiger partial charge >= 0.3 is 0 Å². The number of aromatic nitrogens is 1. The summed E-state index contributed by atoms with van der Waals surface area (Å²) in [5.74, 6) is 1.68. The van der Waals surface area contributed by atoms with Crippen molar-refractivity contribution >= 4 is 24.0 Å². The van der Waals surface area contributed by atoms with Gasteiger partial charge in [0.2, 0.25) is 0 Å². The van der Waals surface area contributed by atoms with Crippen molar-refractivity contribution in [1.82, 2.24) is 4.98 Å². The first-order valence-corrected chi connectivity index (χ1v) is 7.45. The molecule has 0 bridgehead atoms. The molecule has 0 saturated heterocycles. The molecule has 96 valence electrons. The van der Waals surface area contributed by atoms with E-state index in [1.807, 2.05) is 12.1 Å². The Morgan fingerprint density at radius 2 is 2.17 bits per heavy atom. The molecule has 0 aliphatic rings. The van der Waals surface area contributed by atoms with Gasteiger partial charge in [0, 0.05) is 17.6 Å². The summed E-state index contributed by atoms with van der Waals surface area (Å²) in [6.07, 6.45) is 0.853. The van der Waals surface area contributed by atoms with Gasteiger partial charge in [0.25, 0.3) is 0 Å². The lowest BCUT2D eigenvalue weighted by atomic mass is 10.1. The lowest BCUT2D eigenvalue weighted by Gasteiger charge is -2.09. The van der Waals surface area contributed by atoms with E-state index in [1.165, 1.54) is 11.1 Å². The molecule has 4 heteroatoms. The van der Waals surface area contributed by atoms with Crippen molar-refractivity contribution in [3.05, 3.63) is 45.4 Å². The Bertz CT molecular complexity index is 522. The minimum atomic E-state index is 0.670. The quantitative estimate of drug-likeness (QED) is 0.841. The van der Waals surface area contributed by atoms with E-state index in [1.54, 1.807) is 11.3 Å². The highest BCUT2D eigenvalue weighted by Gasteiger charge is 2.04. The molecule has 1 aromatic carbocycles. The van der Waals surface area contributed by atoms with E-state index in [2.05, 4.69) is 42.9 Å². The van der Waals surface area contributed by atoms with Crippen molar-refractivity contribution in [2.45, 2.75) is 26.0 Å². The van der Waals surface area contributed by atoms with Crippen LogP contribution in [0, 0.1) is 13.8 Å². The largest absolute Gasteiger partial charge is 0.493 e. The normalized spacial score (nSPS) is 10.6. The van der Waals surface area contributed by atoms with Crippen LogP contribution in [-0.2, 0) is 12.2 Å². The van der Waals surface area contributed by atoms with E-state index in [9.17, 15) is 0 Å². The van der Waals surface area contributed by atoms with Gasteiger partial charge in [0.1, 0.15) is 5.75 Å². The van der Waals surface area contributed by atoms with Gasteiger partial charge in [-0.3, -0.25) is 0 Å². The SMILES string of the molecule is Cc1cccc(OCCc2nc(CS)cs2)c1C. The van der Waals surface area contributed by atoms with E-state index in [-0.39, 0.29) is 0 Å². The fourth-order valence-electron chi connectivity index (χ4n) is 1.67. The molecule has 1 heterocycles. The fraction of sp³-hybridized carbons (Fsp3) is 0.357. The second kappa shape index (κ2) is 6.25. The smallest absolute Gasteiger partial charge is 0.122 e. The number of nitrogens with zero attached hydrogens (tertiary/aromatic N) is 1. The van der Waals surface area contributed by atoms with Crippen LogP contribution in [-0.4, -0.2) is 11.6 Å². The zero-order valence-corrected chi connectivity index (χ0v) is 12.4. The Kier molecular flexibility index (Phi) is 4.66. The van der Waals surface area contributed by atoms with E-state index in [0.29, 0.717) is 12.4 Å². The van der Waals surface area contributed by atoms with Crippen molar-refractivity contribution < 1.29 is 4.74 Å². The molecule has 0 amide bonds. The number of rotatable bonds is 5. The predicted molar refractivity (Wildman–Crippen MR) is 79.9 cm³/mol. The summed E-state index contributed by atoms with van der Waals surface area (Å²) in [6.45, 7) is 4.86. The number of ether oxygens (including phenoxy) is 1. The minimum Gasteiger partial charge on any atom is -0.493 e. The minimum absolute atomic E-state index is 0.670. The maximum Gasteiger partial charge on any atom is 0.122 e. The number of thiol groups is 1. The van der Waals surface area contributed by atoms with Gasteiger partial charge in [0.15, 0.2) is 0 Å². The van der Waals surface area contributed by atoms with Gasteiger partial charge in [-0.15, -0.1) is 11.3 Å².